The van der Waals surface area contributed by atoms with Crippen molar-refractivity contribution < 1.29 is 19.0 Å². The smallest absolute Gasteiger partial charge is 0.303 e. The van der Waals surface area contributed by atoms with Crippen molar-refractivity contribution in [2.45, 2.75) is 32.4 Å². The van der Waals surface area contributed by atoms with Crippen LogP contribution in [0.4, 0.5) is 4.39 Å². The van der Waals surface area contributed by atoms with Crippen LogP contribution in [-0.4, -0.2) is 20.9 Å². The van der Waals surface area contributed by atoms with Crippen LogP contribution < -0.4 is 10.1 Å². The van der Waals surface area contributed by atoms with Crippen molar-refractivity contribution in [1.29, 1.82) is 0 Å². The van der Waals surface area contributed by atoms with Crippen LogP contribution in [0.15, 0.2) is 91.3 Å². The normalized spacial score (nSPS) is 11.5. The molecule has 0 aliphatic carbocycles. The first kappa shape index (κ1) is 25.5. The SMILES string of the molecule is C=C/C=C(\C=C/CCCC(=O)O)NCc1ccc(OCc2cnn(C)c2-c2ccc(F)cc2)cc1. The third-order valence-electron chi connectivity index (χ3n) is 5.30. The fourth-order valence-corrected chi connectivity index (χ4v) is 3.52. The molecule has 2 aromatic carbocycles. The Morgan fingerprint density at radius 1 is 1.20 bits per heavy atom. The molecule has 1 aromatic heterocycles. The predicted molar refractivity (Wildman–Crippen MR) is 135 cm³/mol. The minimum Gasteiger partial charge on any atom is -0.489 e. The third kappa shape index (κ3) is 7.99. The standard InChI is InChI=1S/C28H30FN3O3/c1-3-7-25(8-5-4-6-9-27(33)34)30-18-21-10-16-26(17-11-21)35-20-23-19-31-32(2)28(23)22-12-14-24(29)15-13-22/h3,5,7-8,10-17,19,30H,1,4,6,9,18,20H2,2H3,(H,33,34)/b8-5-,25-7+. The number of aromatic nitrogens is 2. The summed E-state index contributed by atoms with van der Waals surface area (Å²) in [7, 11) is 1.85. The minimum atomic E-state index is -0.778. The highest BCUT2D eigenvalue weighted by Crippen LogP contribution is 2.25. The van der Waals surface area contributed by atoms with E-state index in [9.17, 15) is 9.18 Å². The van der Waals surface area contributed by atoms with E-state index in [1.165, 1.54) is 12.1 Å². The van der Waals surface area contributed by atoms with Gasteiger partial charge in [-0.2, -0.15) is 5.10 Å². The Labute approximate surface area is 205 Å². The van der Waals surface area contributed by atoms with Crippen LogP contribution in [-0.2, 0) is 25.0 Å². The molecule has 182 valence electrons. The van der Waals surface area contributed by atoms with Crippen LogP contribution in [0.1, 0.15) is 30.4 Å². The van der Waals surface area contributed by atoms with E-state index in [2.05, 4.69) is 17.0 Å². The second-order valence-electron chi connectivity index (χ2n) is 7.98. The monoisotopic (exact) mass is 475 g/mol. The molecule has 3 aromatic rings. The first-order chi connectivity index (χ1) is 17.0. The number of hydrogen-bond acceptors (Lipinski definition) is 4. The van der Waals surface area contributed by atoms with Crippen LogP contribution in [0.5, 0.6) is 5.75 Å². The van der Waals surface area contributed by atoms with E-state index in [0.717, 1.165) is 33.8 Å². The first-order valence-electron chi connectivity index (χ1n) is 11.4. The van der Waals surface area contributed by atoms with E-state index < -0.39 is 5.97 Å². The second kappa shape index (κ2) is 12.9. The number of nitrogens with zero attached hydrogens (tertiary/aromatic N) is 2. The summed E-state index contributed by atoms with van der Waals surface area (Å²) in [6, 6.07) is 14.2. The van der Waals surface area contributed by atoms with Gasteiger partial charge in [-0.1, -0.05) is 30.9 Å². The molecule has 0 saturated heterocycles. The Balaban J connectivity index is 1.54. The molecular formula is C28H30FN3O3. The molecule has 0 unspecified atom stereocenters. The maximum Gasteiger partial charge on any atom is 0.303 e. The number of nitrogens with one attached hydrogen (secondary N) is 1. The van der Waals surface area contributed by atoms with Gasteiger partial charge in [-0.25, -0.2) is 4.39 Å². The van der Waals surface area contributed by atoms with Crippen LogP contribution >= 0.6 is 0 Å². The fourth-order valence-electron chi connectivity index (χ4n) is 3.52. The van der Waals surface area contributed by atoms with E-state index in [4.69, 9.17) is 9.84 Å². The molecule has 0 spiro atoms. The summed E-state index contributed by atoms with van der Waals surface area (Å²) in [4.78, 5) is 10.6. The summed E-state index contributed by atoms with van der Waals surface area (Å²) < 4.78 is 21.0. The van der Waals surface area contributed by atoms with Gasteiger partial charge < -0.3 is 15.2 Å². The van der Waals surface area contributed by atoms with Gasteiger partial charge in [0.2, 0.25) is 0 Å². The zero-order valence-electron chi connectivity index (χ0n) is 19.8. The summed E-state index contributed by atoms with van der Waals surface area (Å²) in [6.45, 7) is 4.71. The molecule has 0 aliphatic heterocycles. The average molecular weight is 476 g/mol. The van der Waals surface area contributed by atoms with E-state index in [0.29, 0.717) is 26.0 Å². The lowest BCUT2D eigenvalue weighted by atomic mass is 10.1. The fraction of sp³-hybridized carbons (Fsp3) is 0.214. The summed E-state index contributed by atoms with van der Waals surface area (Å²) in [5.74, 6) is -0.315. The van der Waals surface area contributed by atoms with Crippen molar-refractivity contribution in [2.75, 3.05) is 0 Å². The Hall–Kier alpha value is -4.13. The van der Waals surface area contributed by atoms with Crippen molar-refractivity contribution in [1.82, 2.24) is 15.1 Å². The van der Waals surface area contributed by atoms with Gasteiger partial charge in [0.05, 0.1) is 11.9 Å². The highest BCUT2D eigenvalue weighted by molar-refractivity contribution is 5.66. The lowest BCUT2D eigenvalue weighted by molar-refractivity contribution is -0.137. The van der Waals surface area contributed by atoms with Crippen LogP contribution in [0.25, 0.3) is 11.3 Å². The number of rotatable bonds is 13. The number of carbonyl (C=O) groups is 1. The number of benzene rings is 2. The molecular weight excluding hydrogens is 445 g/mol. The second-order valence-corrected chi connectivity index (χ2v) is 7.98. The largest absolute Gasteiger partial charge is 0.489 e. The van der Waals surface area contributed by atoms with Gasteiger partial charge >= 0.3 is 5.97 Å². The Morgan fingerprint density at radius 3 is 2.63 bits per heavy atom. The van der Waals surface area contributed by atoms with Crippen molar-refractivity contribution in [3.05, 3.63) is 108 Å². The van der Waals surface area contributed by atoms with Crippen LogP contribution in [0.2, 0.25) is 0 Å². The van der Waals surface area contributed by atoms with Crippen LogP contribution in [0, 0.1) is 5.82 Å². The van der Waals surface area contributed by atoms with Gasteiger partial charge in [0.15, 0.2) is 0 Å². The number of aryl methyl sites for hydroxylation is 1. The van der Waals surface area contributed by atoms with Gasteiger partial charge in [-0.3, -0.25) is 9.48 Å². The van der Waals surface area contributed by atoms with Gasteiger partial charge in [0.1, 0.15) is 18.2 Å². The summed E-state index contributed by atoms with van der Waals surface area (Å²) in [5, 5.41) is 16.4. The number of allylic oxidation sites excluding steroid dienone is 4. The minimum absolute atomic E-state index is 0.168. The number of aliphatic carboxylic acids is 1. The number of carboxylic acids is 1. The molecule has 0 bridgehead atoms. The van der Waals surface area contributed by atoms with E-state index in [1.807, 2.05) is 49.5 Å². The molecule has 0 atom stereocenters. The predicted octanol–water partition coefficient (Wildman–Crippen LogP) is 5.78. The summed E-state index contributed by atoms with van der Waals surface area (Å²) >= 11 is 0. The summed E-state index contributed by atoms with van der Waals surface area (Å²) in [6.07, 6.45) is 10.7. The summed E-state index contributed by atoms with van der Waals surface area (Å²) in [5.41, 5.74) is 4.67. The molecule has 6 nitrogen and oxygen atoms in total. The number of halogens is 1. The van der Waals surface area contributed by atoms with Crippen LogP contribution in [0.3, 0.4) is 0 Å². The Kier molecular flexibility index (Phi) is 9.42. The molecule has 0 radical (unpaired) electrons. The highest BCUT2D eigenvalue weighted by atomic mass is 19.1. The van der Waals surface area contributed by atoms with Gasteiger partial charge in [0.25, 0.3) is 0 Å². The molecule has 35 heavy (non-hydrogen) atoms. The zero-order valence-corrected chi connectivity index (χ0v) is 19.8. The Bertz CT molecular complexity index is 1180. The number of ether oxygens (including phenoxy) is 1. The number of carboxylic acid groups (broad SMARTS) is 1. The molecule has 0 amide bonds. The molecule has 0 saturated carbocycles. The van der Waals surface area contributed by atoms with Crippen molar-refractivity contribution in [2.24, 2.45) is 7.05 Å². The van der Waals surface area contributed by atoms with E-state index in [1.54, 1.807) is 29.1 Å². The Morgan fingerprint density at radius 2 is 1.94 bits per heavy atom. The average Bonchev–Trinajstić information content (AvgIpc) is 3.22. The topological polar surface area (TPSA) is 76.4 Å². The molecule has 0 fully saturated rings. The van der Waals surface area contributed by atoms with Gasteiger partial charge in [-0.05, 0) is 67.0 Å². The maximum absolute atomic E-state index is 13.3. The molecule has 3 rings (SSSR count). The van der Waals surface area contributed by atoms with Gasteiger partial charge in [0, 0.05) is 36.8 Å². The maximum atomic E-state index is 13.3. The lowest BCUT2D eigenvalue weighted by Gasteiger charge is -2.10. The molecule has 7 heteroatoms. The van der Waals surface area contributed by atoms with E-state index >= 15 is 0 Å². The molecule has 2 N–H and O–H groups in total. The zero-order chi connectivity index (χ0) is 25.0. The van der Waals surface area contributed by atoms with Crippen molar-refractivity contribution in [3.8, 4) is 17.0 Å². The number of hydrogen-bond donors (Lipinski definition) is 2. The highest BCUT2D eigenvalue weighted by Gasteiger charge is 2.12. The number of unbranched alkanes of at least 4 members (excludes halogenated alkanes) is 1. The van der Waals surface area contributed by atoms with Crippen molar-refractivity contribution >= 4 is 5.97 Å². The molecule has 0 aliphatic rings. The first-order valence-corrected chi connectivity index (χ1v) is 11.4. The lowest BCUT2D eigenvalue weighted by Crippen LogP contribution is -2.11. The third-order valence-corrected chi connectivity index (χ3v) is 5.30. The van der Waals surface area contributed by atoms with E-state index in [-0.39, 0.29) is 12.2 Å². The quantitative estimate of drug-likeness (QED) is 0.242. The van der Waals surface area contributed by atoms with Crippen molar-refractivity contribution in [3.63, 3.8) is 0 Å². The molecule has 1 heterocycles. The van der Waals surface area contributed by atoms with Gasteiger partial charge in [-0.15, -0.1) is 0 Å².